The van der Waals surface area contributed by atoms with Gasteiger partial charge in [0.05, 0.1) is 11.0 Å². The molecule has 2 aromatic rings. The number of nitrogens with one attached hydrogen (secondary N) is 1. The molecule has 0 spiro atoms. The highest BCUT2D eigenvalue weighted by Gasteiger charge is 2.19. The predicted octanol–water partition coefficient (Wildman–Crippen LogP) is 4.25. The minimum absolute atomic E-state index is 0.0380. The van der Waals surface area contributed by atoms with Crippen LogP contribution in [0.2, 0.25) is 10.0 Å². The maximum Gasteiger partial charge on any atom is 0.293 e. The first-order valence-electron chi connectivity index (χ1n) is 6.96. The number of carbonyl (C=O) groups excluding carboxylic acids is 1. The molecule has 6 nitrogen and oxygen atoms in total. The largest absolute Gasteiger partial charge is 0.386 e. The molecule has 1 unspecified atom stereocenters. The van der Waals surface area contributed by atoms with E-state index in [1.165, 1.54) is 25.1 Å². The summed E-state index contributed by atoms with van der Waals surface area (Å²) in [6.45, 7) is 1.29. The van der Waals surface area contributed by atoms with E-state index in [2.05, 4.69) is 5.32 Å². The van der Waals surface area contributed by atoms with Gasteiger partial charge in [0.25, 0.3) is 5.69 Å². The average Bonchev–Trinajstić information content (AvgIpc) is 2.52. The van der Waals surface area contributed by atoms with Crippen molar-refractivity contribution in [3.63, 3.8) is 0 Å². The van der Waals surface area contributed by atoms with Gasteiger partial charge in [0.1, 0.15) is 5.69 Å². The van der Waals surface area contributed by atoms with Crippen LogP contribution in [0.3, 0.4) is 0 Å². The van der Waals surface area contributed by atoms with Crippen molar-refractivity contribution in [3.05, 3.63) is 67.7 Å². The Kier molecular flexibility index (Phi) is 5.77. The molecule has 0 bridgehead atoms. The van der Waals surface area contributed by atoms with Crippen LogP contribution >= 0.6 is 23.2 Å². The molecule has 8 heteroatoms. The Hall–Kier alpha value is -2.15. The number of ketones is 1. The summed E-state index contributed by atoms with van der Waals surface area (Å²) in [6, 6.07) is 8.94. The number of carbonyl (C=O) groups is 1. The third-order valence-electron chi connectivity index (χ3n) is 3.42. The lowest BCUT2D eigenvalue weighted by atomic mass is 10.1. The van der Waals surface area contributed by atoms with Crippen LogP contribution in [0.1, 0.15) is 28.9 Å². The van der Waals surface area contributed by atoms with E-state index in [0.29, 0.717) is 15.6 Å². The normalized spacial score (nSPS) is 11.8. The molecule has 0 fully saturated rings. The molecule has 2 rings (SSSR count). The van der Waals surface area contributed by atoms with Gasteiger partial charge in [-0.25, -0.2) is 0 Å². The fourth-order valence-electron chi connectivity index (χ4n) is 2.19. The van der Waals surface area contributed by atoms with Crippen molar-refractivity contribution in [3.8, 4) is 0 Å². The summed E-state index contributed by atoms with van der Waals surface area (Å²) in [5.74, 6) is -0.271. The summed E-state index contributed by atoms with van der Waals surface area (Å²) in [6.07, 6.45) is -1.06. The summed E-state index contributed by atoms with van der Waals surface area (Å²) in [5.41, 5.74) is 0.519. The molecule has 2 N–H and O–H groups in total. The second-order valence-corrected chi connectivity index (χ2v) is 5.89. The number of Topliss-reactive ketones (excluding diaryl/α,β-unsaturated/α-hetero) is 1. The standard InChI is InChI=1S/C16H14Cl2N2O4/c1-9(21)10-5-6-13(14(7-10)20(23)24)19-8-15(22)16-11(17)3-2-4-12(16)18/h2-7,15,19,22H,8H2,1H3. The zero-order valence-corrected chi connectivity index (χ0v) is 14.1. The van der Waals surface area contributed by atoms with Crippen LogP contribution in [0.5, 0.6) is 0 Å². The SMILES string of the molecule is CC(=O)c1ccc(NCC(O)c2c(Cl)cccc2Cl)c([N+](=O)[O-])c1. The van der Waals surface area contributed by atoms with Crippen molar-refractivity contribution in [2.75, 3.05) is 11.9 Å². The van der Waals surface area contributed by atoms with Gasteiger partial charge in [-0.2, -0.15) is 0 Å². The maximum absolute atomic E-state index is 11.3. The quantitative estimate of drug-likeness (QED) is 0.451. The number of hydrogen-bond acceptors (Lipinski definition) is 5. The van der Waals surface area contributed by atoms with Gasteiger partial charge in [-0.1, -0.05) is 29.3 Å². The number of aliphatic hydroxyl groups excluding tert-OH is 1. The van der Waals surface area contributed by atoms with Crippen LogP contribution in [0, 0.1) is 10.1 Å². The molecule has 126 valence electrons. The van der Waals surface area contributed by atoms with E-state index >= 15 is 0 Å². The lowest BCUT2D eigenvalue weighted by Gasteiger charge is -2.16. The lowest BCUT2D eigenvalue weighted by molar-refractivity contribution is -0.384. The van der Waals surface area contributed by atoms with E-state index in [1.54, 1.807) is 18.2 Å². The number of benzene rings is 2. The number of nitro groups is 1. The third-order valence-corrected chi connectivity index (χ3v) is 4.08. The number of halogens is 2. The second-order valence-electron chi connectivity index (χ2n) is 5.08. The van der Waals surface area contributed by atoms with Gasteiger partial charge in [-0.15, -0.1) is 0 Å². The Morgan fingerprint density at radius 2 is 1.92 bits per heavy atom. The summed E-state index contributed by atoms with van der Waals surface area (Å²) in [4.78, 5) is 21.9. The number of anilines is 1. The molecule has 0 aliphatic heterocycles. The predicted molar refractivity (Wildman–Crippen MR) is 93.0 cm³/mol. The van der Waals surface area contributed by atoms with Gasteiger partial charge in [-0.05, 0) is 31.2 Å². The number of nitrogens with zero attached hydrogens (tertiary/aromatic N) is 1. The molecule has 0 saturated heterocycles. The Morgan fingerprint density at radius 1 is 1.29 bits per heavy atom. The Morgan fingerprint density at radius 3 is 2.46 bits per heavy atom. The summed E-state index contributed by atoms with van der Waals surface area (Å²) >= 11 is 12.1. The molecule has 24 heavy (non-hydrogen) atoms. The van der Waals surface area contributed by atoms with E-state index in [0.717, 1.165) is 0 Å². The van der Waals surface area contributed by atoms with Crippen LogP contribution < -0.4 is 5.32 Å². The highest BCUT2D eigenvalue weighted by molar-refractivity contribution is 6.36. The van der Waals surface area contributed by atoms with Crippen molar-refractivity contribution >= 4 is 40.4 Å². The van der Waals surface area contributed by atoms with Gasteiger partial charge in [0.15, 0.2) is 5.78 Å². The van der Waals surface area contributed by atoms with E-state index in [4.69, 9.17) is 23.2 Å². The number of rotatable bonds is 6. The van der Waals surface area contributed by atoms with Crippen LogP contribution in [-0.2, 0) is 0 Å². The van der Waals surface area contributed by atoms with Crippen molar-refractivity contribution in [2.45, 2.75) is 13.0 Å². The van der Waals surface area contributed by atoms with E-state index in [-0.39, 0.29) is 29.3 Å². The van der Waals surface area contributed by atoms with Gasteiger partial charge < -0.3 is 10.4 Å². The monoisotopic (exact) mass is 368 g/mol. The van der Waals surface area contributed by atoms with E-state index in [1.807, 2.05) is 0 Å². The topological polar surface area (TPSA) is 92.5 Å². The van der Waals surface area contributed by atoms with E-state index < -0.39 is 11.0 Å². The molecule has 0 aliphatic rings. The molecular weight excluding hydrogens is 355 g/mol. The molecule has 0 saturated carbocycles. The zero-order valence-electron chi connectivity index (χ0n) is 12.6. The Labute approximate surface area is 148 Å². The Balaban J connectivity index is 2.22. The second kappa shape index (κ2) is 7.61. The van der Waals surface area contributed by atoms with Gasteiger partial charge in [0.2, 0.25) is 0 Å². The molecule has 0 aromatic heterocycles. The third kappa shape index (κ3) is 4.03. The summed E-state index contributed by atoms with van der Waals surface area (Å²) in [7, 11) is 0. The molecule has 0 amide bonds. The van der Waals surface area contributed by atoms with Crippen molar-refractivity contribution in [1.29, 1.82) is 0 Å². The van der Waals surface area contributed by atoms with Crippen molar-refractivity contribution in [1.82, 2.24) is 0 Å². The summed E-state index contributed by atoms with van der Waals surface area (Å²) in [5, 5.41) is 24.8. The highest BCUT2D eigenvalue weighted by Crippen LogP contribution is 2.31. The van der Waals surface area contributed by atoms with Crippen molar-refractivity contribution < 1.29 is 14.8 Å². The number of hydrogen-bond donors (Lipinski definition) is 2. The van der Waals surface area contributed by atoms with Gasteiger partial charge >= 0.3 is 0 Å². The molecule has 0 radical (unpaired) electrons. The maximum atomic E-state index is 11.3. The molecule has 0 aliphatic carbocycles. The fraction of sp³-hybridized carbons (Fsp3) is 0.188. The minimum Gasteiger partial charge on any atom is -0.386 e. The van der Waals surface area contributed by atoms with E-state index in [9.17, 15) is 20.0 Å². The first-order valence-corrected chi connectivity index (χ1v) is 7.72. The van der Waals surface area contributed by atoms with Gasteiger partial charge in [0, 0.05) is 33.8 Å². The molecule has 2 aromatic carbocycles. The van der Waals surface area contributed by atoms with Gasteiger partial charge in [-0.3, -0.25) is 14.9 Å². The smallest absolute Gasteiger partial charge is 0.293 e. The first kappa shape index (κ1) is 18.2. The fourth-order valence-corrected chi connectivity index (χ4v) is 2.84. The first-order chi connectivity index (χ1) is 11.3. The zero-order chi connectivity index (χ0) is 17.9. The highest BCUT2D eigenvalue weighted by atomic mass is 35.5. The lowest BCUT2D eigenvalue weighted by Crippen LogP contribution is -2.14. The summed E-state index contributed by atoms with van der Waals surface area (Å²) < 4.78 is 0. The molecule has 0 heterocycles. The number of nitro benzene ring substituents is 1. The Bertz CT molecular complexity index is 775. The van der Waals surface area contributed by atoms with Crippen LogP contribution in [0.15, 0.2) is 36.4 Å². The van der Waals surface area contributed by atoms with Crippen molar-refractivity contribution in [2.24, 2.45) is 0 Å². The minimum atomic E-state index is -1.06. The average molecular weight is 369 g/mol. The molecular formula is C16H14Cl2N2O4. The van der Waals surface area contributed by atoms with Crippen LogP contribution in [-0.4, -0.2) is 22.4 Å². The molecule has 1 atom stereocenters. The van der Waals surface area contributed by atoms with Crippen LogP contribution in [0.4, 0.5) is 11.4 Å². The number of aliphatic hydroxyl groups is 1. The van der Waals surface area contributed by atoms with Crippen LogP contribution in [0.25, 0.3) is 0 Å².